The van der Waals surface area contributed by atoms with Crippen molar-refractivity contribution in [3.8, 4) is 16.8 Å². The van der Waals surface area contributed by atoms with Gasteiger partial charge < -0.3 is 4.57 Å². The lowest BCUT2D eigenvalue weighted by Gasteiger charge is -2.12. The van der Waals surface area contributed by atoms with E-state index in [0.29, 0.717) is 5.75 Å². The fourth-order valence-corrected chi connectivity index (χ4v) is 5.71. The second-order valence-corrected chi connectivity index (χ2v) is 9.39. The minimum atomic E-state index is -0.266. The zero-order valence-corrected chi connectivity index (χ0v) is 19.8. The van der Waals surface area contributed by atoms with Gasteiger partial charge in [-0.25, -0.2) is 9.82 Å². The van der Waals surface area contributed by atoms with Crippen LogP contribution in [0.2, 0.25) is 0 Å². The molecule has 170 valence electrons. The first kappa shape index (κ1) is 22.2. The quantitative estimate of drug-likeness (QED) is 0.270. The maximum absolute atomic E-state index is 13.3. The summed E-state index contributed by atoms with van der Waals surface area (Å²) in [6.45, 7) is 3.96. The van der Waals surface area contributed by atoms with E-state index in [4.69, 9.17) is 0 Å². The molecule has 0 radical (unpaired) electrons. The second kappa shape index (κ2) is 9.31. The summed E-state index contributed by atoms with van der Waals surface area (Å²) in [4.78, 5) is 12.5. The number of thioether (sulfide) groups is 1. The van der Waals surface area contributed by atoms with Crippen LogP contribution in [0, 0.1) is 19.7 Å². The fraction of sp³-hybridized carbons (Fsp3) is 0.143. The predicted octanol–water partition coefficient (Wildman–Crippen LogP) is 6.19. The van der Waals surface area contributed by atoms with Crippen molar-refractivity contribution in [2.24, 2.45) is 5.10 Å². The Labute approximate surface area is 202 Å². The molecular formula is C28H24FN3OS. The van der Waals surface area contributed by atoms with Gasteiger partial charge in [0.15, 0.2) is 0 Å². The Hall–Kier alpha value is -3.64. The number of halogens is 1. The molecule has 5 rings (SSSR count). The Morgan fingerprint density at radius 3 is 2.26 bits per heavy atom. The van der Waals surface area contributed by atoms with E-state index in [9.17, 15) is 9.18 Å². The summed E-state index contributed by atoms with van der Waals surface area (Å²) in [7, 11) is 0. The highest BCUT2D eigenvalue weighted by Gasteiger charge is 2.28. The van der Waals surface area contributed by atoms with Gasteiger partial charge in [-0.1, -0.05) is 48.5 Å². The largest absolute Gasteiger partial charge is 0.318 e. The van der Waals surface area contributed by atoms with E-state index in [1.54, 1.807) is 30.1 Å². The normalized spacial score (nSPS) is 12.7. The monoisotopic (exact) mass is 469 g/mol. The number of hydrazone groups is 1. The van der Waals surface area contributed by atoms with Crippen LogP contribution in [-0.2, 0) is 4.79 Å². The summed E-state index contributed by atoms with van der Waals surface area (Å²) >= 11 is 1.61. The number of hydrogen-bond acceptors (Lipinski definition) is 3. The number of fused-ring (bicyclic) bond motifs is 3. The van der Waals surface area contributed by atoms with E-state index in [-0.39, 0.29) is 17.0 Å². The first-order valence-electron chi connectivity index (χ1n) is 11.1. The molecule has 0 saturated carbocycles. The molecular weight excluding hydrogens is 445 g/mol. The van der Waals surface area contributed by atoms with Crippen molar-refractivity contribution in [1.82, 2.24) is 9.99 Å². The molecule has 0 aliphatic heterocycles. The summed E-state index contributed by atoms with van der Waals surface area (Å²) in [5, 5.41) is 4.32. The average Bonchev–Trinajstić information content (AvgIpc) is 3.32. The van der Waals surface area contributed by atoms with E-state index in [0.717, 1.165) is 22.6 Å². The van der Waals surface area contributed by atoms with Crippen LogP contribution in [0.25, 0.3) is 16.8 Å². The van der Waals surface area contributed by atoms with Gasteiger partial charge in [-0.05, 0) is 66.4 Å². The lowest BCUT2D eigenvalue weighted by Crippen LogP contribution is -2.20. The van der Waals surface area contributed by atoms with Crippen LogP contribution in [0.1, 0.15) is 33.3 Å². The molecule has 1 heterocycles. The number of aryl methyl sites for hydroxylation is 1. The van der Waals surface area contributed by atoms with Gasteiger partial charge in [-0.2, -0.15) is 5.10 Å². The minimum absolute atomic E-state index is 0.136. The Balaban J connectivity index is 1.24. The molecule has 0 saturated heterocycles. The second-order valence-electron chi connectivity index (χ2n) is 8.30. The zero-order valence-electron chi connectivity index (χ0n) is 19.0. The number of rotatable bonds is 6. The molecule has 1 aliphatic rings. The van der Waals surface area contributed by atoms with Crippen LogP contribution in [0.5, 0.6) is 0 Å². The maximum atomic E-state index is 13.3. The molecule has 1 amide bonds. The topological polar surface area (TPSA) is 46.4 Å². The molecule has 0 spiro atoms. The van der Waals surface area contributed by atoms with Crippen LogP contribution < -0.4 is 5.43 Å². The molecule has 6 heteroatoms. The zero-order chi connectivity index (χ0) is 23.7. The fourth-order valence-electron chi connectivity index (χ4n) is 4.56. The van der Waals surface area contributed by atoms with Crippen molar-refractivity contribution >= 4 is 23.9 Å². The van der Waals surface area contributed by atoms with Crippen LogP contribution >= 0.6 is 11.8 Å². The van der Waals surface area contributed by atoms with E-state index in [2.05, 4.69) is 46.9 Å². The highest BCUT2D eigenvalue weighted by Crippen LogP contribution is 2.49. The lowest BCUT2D eigenvalue weighted by atomic mass is 10.1. The van der Waals surface area contributed by atoms with Crippen molar-refractivity contribution in [1.29, 1.82) is 0 Å². The number of amides is 1. The summed E-state index contributed by atoms with van der Waals surface area (Å²) in [5.41, 5.74) is 11.4. The highest BCUT2D eigenvalue weighted by atomic mass is 32.2. The molecule has 0 atom stereocenters. The summed E-state index contributed by atoms with van der Waals surface area (Å²) < 4.78 is 15.3. The van der Waals surface area contributed by atoms with E-state index in [1.165, 1.54) is 34.4 Å². The molecule has 4 aromatic rings. The van der Waals surface area contributed by atoms with Crippen molar-refractivity contribution in [3.05, 3.63) is 113 Å². The minimum Gasteiger partial charge on any atom is -0.318 e. The maximum Gasteiger partial charge on any atom is 0.250 e. The van der Waals surface area contributed by atoms with E-state index in [1.807, 2.05) is 36.6 Å². The number of aromatic nitrogens is 1. The van der Waals surface area contributed by atoms with Gasteiger partial charge in [-0.15, -0.1) is 11.8 Å². The van der Waals surface area contributed by atoms with Crippen molar-refractivity contribution in [2.75, 3.05) is 5.75 Å². The van der Waals surface area contributed by atoms with Gasteiger partial charge in [0.2, 0.25) is 5.91 Å². The summed E-state index contributed by atoms with van der Waals surface area (Å²) in [5.74, 6) is -0.104. The summed E-state index contributed by atoms with van der Waals surface area (Å²) in [6, 6.07) is 25.1. The number of hydrogen-bond donors (Lipinski definition) is 1. The molecule has 34 heavy (non-hydrogen) atoms. The molecule has 0 bridgehead atoms. The van der Waals surface area contributed by atoms with Crippen molar-refractivity contribution < 1.29 is 9.18 Å². The van der Waals surface area contributed by atoms with Crippen molar-refractivity contribution in [3.63, 3.8) is 0 Å². The molecule has 3 aromatic carbocycles. The number of carbonyl (C=O) groups excluding carboxylic acids is 1. The third-order valence-electron chi connectivity index (χ3n) is 6.11. The van der Waals surface area contributed by atoms with Gasteiger partial charge in [0.05, 0.1) is 17.2 Å². The smallest absolute Gasteiger partial charge is 0.250 e. The van der Waals surface area contributed by atoms with Gasteiger partial charge in [0.1, 0.15) is 5.82 Å². The van der Waals surface area contributed by atoms with Crippen molar-refractivity contribution in [2.45, 2.75) is 19.1 Å². The predicted molar refractivity (Wildman–Crippen MR) is 137 cm³/mol. The molecule has 0 unspecified atom stereocenters. The first-order valence-corrected chi connectivity index (χ1v) is 12.1. The third-order valence-corrected chi connectivity index (χ3v) is 7.38. The number of benzene rings is 3. The molecule has 1 aromatic heterocycles. The first-order chi connectivity index (χ1) is 16.5. The number of carbonyl (C=O) groups is 1. The average molecular weight is 470 g/mol. The molecule has 0 fully saturated rings. The van der Waals surface area contributed by atoms with E-state index >= 15 is 0 Å². The SMILES string of the molecule is Cc1cc(C=NNC(=O)CSC2c3ccccc3-c3ccccc32)c(C)n1-c1ccc(F)cc1. The van der Waals surface area contributed by atoms with Gasteiger partial charge in [0.25, 0.3) is 0 Å². The number of nitrogens with one attached hydrogen (secondary N) is 1. The van der Waals surface area contributed by atoms with Gasteiger partial charge >= 0.3 is 0 Å². The third kappa shape index (κ3) is 4.17. The Kier molecular flexibility index (Phi) is 6.07. The van der Waals surface area contributed by atoms with E-state index < -0.39 is 0 Å². The Bertz CT molecular complexity index is 1350. The standard InChI is InChI=1S/C28H24FN3OS/c1-18-15-20(19(2)32(18)22-13-11-21(29)12-14-22)16-30-31-27(33)17-34-28-25-9-5-3-7-23(25)24-8-4-6-10-26(24)28/h3-16,28H,17H2,1-2H3,(H,31,33). The van der Waals surface area contributed by atoms with Gasteiger partial charge in [0, 0.05) is 22.6 Å². The molecule has 4 nitrogen and oxygen atoms in total. The van der Waals surface area contributed by atoms with Crippen LogP contribution in [-0.4, -0.2) is 22.4 Å². The van der Waals surface area contributed by atoms with Crippen LogP contribution in [0.15, 0.2) is 84.0 Å². The number of nitrogens with zero attached hydrogens (tertiary/aromatic N) is 2. The summed E-state index contributed by atoms with van der Waals surface area (Å²) in [6.07, 6.45) is 1.66. The lowest BCUT2D eigenvalue weighted by molar-refractivity contribution is -0.118. The van der Waals surface area contributed by atoms with Gasteiger partial charge in [-0.3, -0.25) is 4.79 Å². The van der Waals surface area contributed by atoms with Crippen LogP contribution in [0.3, 0.4) is 0 Å². The Morgan fingerprint density at radius 2 is 1.62 bits per heavy atom. The highest BCUT2D eigenvalue weighted by molar-refractivity contribution is 8.00. The van der Waals surface area contributed by atoms with Crippen LogP contribution in [0.4, 0.5) is 4.39 Å². The Morgan fingerprint density at radius 1 is 1.00 bits per heavy atom. The molecule has 1 aliphatic carbocycles. The molecule has 1 N–H and O–H groups in total.